The number of para-hydroxylation sites is 1. The first-order chi connectivity index (χ1) is 18.3. The van der Waals surface area contributed by atoms with Gasteiger partial charge >= 0.3 is 0 Å². The van der Waals surface area contributed by atoms with Gasteiger partial charge in [-0.25, -0.2) is 17.8 Å². The number of hydrogen-bond donors (Lipinski definition) is 0. The maximum atomic E-state index is 14.0. The monoisotopic (exact) mass is 527 g/mol. The number of hydrogen-bond acceptors (Lipinski definition) is 4. The molecule has 38 heavy (non-hydrogen) atoms. The van der Waals surface area contributed by atoms with Crippen LogP contribution < -0.4 is 5.56 Å². The minimum Gasteiger partial charge on any atom is -0.268 e. The molecule has 0 amide bonds. The van der Waals surface area contributed by atoms with Crippen molar-refractivity contribution < 1.29 is 12.8 Å². The molecule has 0 bridgehead atoms. The number of aryl methyl sites for hydroxylation is 1. The quantitative estimate of drug-likeness (QED) is 0.269. The fourth-order valence-electron chi connectivity index (χ4n) is 4.44. The van der Waals surface area contributed by atoms with Crippen molar-refractivity contribution in [2.45, 2.75) is 31.3 Å². The average Bonchev–Trinajstić information content (AvgIpc) is 2.93. The molecule has 5 rings (SSSR count). The second-order valence-electron chi connectivity index (χ2n) is 9.13. The molecule has 0 radical (unpaired) electrons. The van der Waals surface area contributed by atoms with E-state index in [1.54, 1.807) is 31.2 Å². The van der Waals surface area contributed by atoms with Crippen LogP contribution in [0, 0.1) is 12.7 Å². The van der Waals surface area contributed by atoms with Gasteiger partial charge in [0, 0.05) is 6.54 Å². The smallest absolute Gasteiger partial charge is 0.266 e. The van der Waals surface area contributed by atoms with Crippen LogP contribution in [-0.2, 0) is 16.6 Å². The summed E-state index contributed by atoms with van der Waals surface area (Å²) in [6.45, 7) is 3.69. The van der Waals surface area contributed by atoms with E-state index in [1.165, 1.54) is 21.0 Å². The van der Waals surface area contributed by atoms with Crippen molar-refractivity contribution in [3.05, 3.63) is 136 Å². The molecule has 0 saturated heterocycles. The third-order valence-electron chi connectivity index (χ3n) is 6.50. The lowest BCUT2D eigenvalue weighted by atomic mass is 10.1. The largest absolute Gasteiger partial charge is 0.268 e. The van der Waals surface area contributed by atoms with E-state index in [1.807, 2.05) is 61.5 Å². The van der Waals surface area contributed by atoms with Crippen LogP contribution in [0.25, 0.3) is 16.6 Å². The van der Waals surface area contributed by atoms with Crippen LogP contribution in [0.15, 0.2) is 113 Å². The highest BCUT2D eigenvalue weighted by atomic mass is 32.2. The molecule has 6 nitrogen and oxygen atoms in total. The highest BCUT2D eigenvalue weighted by Crippen LogP contribution is 2.30. The molecule has 1 unspecified atom stereocenters. The predicted molar refractivity (Wildman–Crippen MR) is 146 cm³/mol. The molecular formula is C30H26FN3O3S. The lowest BCUT2D eigenvalue weighted by molar-refractivity contribution is 0.321. The van der Waals surface area contributed by atoms with Crippen molar-refractivity contribution in [1.29, 1.82) is 0 Å². The molecular weight excluding hydrogens is 501 g/mol. The fraction of sp³-hybridized carbons (Fsp3) is 0.133. The maximum absolute atomic E-state index is 14.0. The molecule has 0 aliphatic heterocycles. The molecule has 4 aromatic carbocycles. The van der Waals surface area contributed by atoms with Crippen molar-refractivity contribution in [2.24, 2.45) is 0 Å². The van der Waals surface area contributed by atoms with Gasteiger partial charge in [-0.1, -0.05) is 60.2 Å². The van der Waals surface area contributed by atoms with Crippen LogP contribution in [0.5, 0.6) is 0 Å². The topological polar surface area (TPSA) is 72.3 Å². The summed E-state index contributed by atoms with van der Waals surface area (Å²) in [5.74, 6) is -0.254. The van der Waals surface area contributed by atoms with Crippen LogP contribution in [0.4, 0.5) is 4.39 Å². The minimum atomic E-state index is -4.12. The molecule has 8 heteroatoms. The zero-order chi connectivity index (χ0) is 26.9. The van der Waals surface area contributed by atoms with E-state index in [2.05, 4.69) is 0 Å². The summed E-state index contributed by atoms with van der Waals surface area (Å²) in [7, 11) is -4.12. The van der Waals surface area contributed by atoms with Gasteiger partial charge in [0.25, 0.3) is 5.56 Å². The first kappa shape index (κ1) is 25.5. The molecule has 0 fully saturated rings. The van der Waals surface area contributed by atoms with Gasteiger partial charge in [-0.15, -0.1) is 0 Å². The van der Waals surface area contributed by atoms with Gasteiger partial charge in [-0.05, 0) is 67.9 Å². The van der Waals surface area contributed by atoms with E-state index < -0.39 is 21.9 Å². The Morgan fingerprint density at radius 3 is 2.18 bits per heavy atom. The second-order valence-corrected chi connectivity index (χ2v) is 11.0. The molecule has 0 aliphatic carbocycles. The molecule has 0 saturated carbocycles. The van der Waals surface area contributed by atoms with Crippen molar-refractivity contribution in [2.75, 3.05) is 0 Å². The Hall–Kier alpha value is -4.14. The second kappa shape index (κ2) is 10.3. The molecule has 0 aliphatic rings. The molecule has 192 valence electrons. The van der Waals surface area contributed by atoms with E-state index in [4.69, 9.17) is 4.98 Å². The van der Waals surface area contributed by atoms with Crippen molar-refractivity contribution in [3.63, 3.8) is 0 Å². The van der Waals surface area contributed by atoms with Gasteiger partial charge in [0.15, 0.2) is 0 Å². The number of fused-ring (bicyclic) bond motifs is 1. The lowest BCUT2D eigenvalue weighted by Crippen LogP contribution is -2.37. The summed E-state index contributed by atoms with van der Waals surface area (Å²) < 4.78 is 44.4. The Labute approximate surface area is 220 Å². The highest BCUT2D eigenvalue weighted by molar-refractivity contribution is 7.89. The Kier molecular flexibility index (Phi) is 6.93. The first-order valence-electron chi connectivity index (χ1n) is 12.2. The predicted octanol–water partition coefficient (Wildman–Crippen LogP) is 5.79. The maximum Gasteiger partial charge on any atom is 0.266 e. The number of sulfonamides is 1. The summed E-state index contributed by atoms with van der Waals surface area (Å²) in [4.78, 5) is 18.6. The van der Waals surface area contributed by atoms with Crippen LogP contribution in [0.1, 0.15) is 29.9 Å². The van der Waals surface area contributed by atoms with E-state index in [0.29, 0.717) is 16.6 Å². The third kappa shape index (κ3) is 4.88. The third-order valence-corrected chi connectivity index (χ3v) is 8.43. The summed E-state index contributed by atoms with van der Waals surface area (Å²) in [5, 5.41) is 0.431. The molecule has 5 aromatic rings. The standard InChI is InChI=1S/C30H26FN3O3S/c1-21-12-16-25(17-13-21)34-29(32-28-11-7-6-10-27(28)30(34)35)22(2)33(20-23-8-4-3-5-9-23)38(36,37)26-18-14-24(31)15-19-26/h3-19,22H,20H2,1-2H3. The van der Waals surface area contributed by atoms with Crippen molar-refractivity contribution in [3.8, 4) is 5.69 Å². The Morgan fingerprint density at radius 2 is 1.50 bits per heavy atom. The average molecular weight is 528 g/mol. The SMILES string of the molecule is Cc1ccc(-n2c(C(C)N(Cc3ccccc3)S(=O)(=O)c3ccc(F)cc3)nc3ccccc3c2=O)cc1. The number of rotatable bonds is 7. The zero-order valence-corrected chi connectivity index (χ0v) is 21.8. The first-order valence-corrected chi connectivity index (χ1v) is 13.6. The van der Waals surface area contributed by atoms with E-state index in [-0.39, 0.29) is 22.8 Å². The summed E-state index contributed by atoms with van der Waals surface area (Å²) >= 11 is 0. The van der Waals surface area contributed by atoms with Crippen LogP contribution in [0.3, 0.4) is 0 Å². The number of halogens is 1. The zero-order valence-electron chi connectivity index (χ0n) is 21.0. The Balaban J connectivity index is 1.74. The van der Waals surface area contributed by atoms with Gasteiger partial charge in [-0.2, -0.15) is 4.31 Å². The van der Waals surface area contributed by atoms with Gasteiger partial charge in [-0.3, -0.25) is 9.36 Å². The Morgan fingerprint density at radius 1 is 0.868 bits per heavy atom. The van der Waals surface area contributed by atoms with Gasteiger partial charge < -0.3 is 0 Å². The van der Waals surface area contributed by atoms with Crippen molar-refractivity contribution in [1.82, 2.24) is 13.9 Å². The molecule has 1 atom stereocenters. The lowest BCUT2D eigenvalue weighted by Gasteiger charge is -2.30. The van der Waals surface area contributed by atoms with Crippen molar-refractivity contribution >= 4 is 20.9 Å². The summed E-state index contributed by atoms with van der Waals surface area (Å²) in [6.07, 6.45) is 0. The number of aromatic nitrogens is 2. The molecule has 0 spiro atoms. The van der Waals surface area contributed by atoms with Crippen LogP contribution >= 0.6 is 0 Å². The van der Waals surface area contributed by atoms with Gasteiger partial charge in [0.05, 0.1) is 27.5 Å². The molecule has 1 heterocycles. The highest BCUT2D eigenvalue weighted by Gasteiger charge is 2.33. The van der Waals surface area contributed by atoms with E-state index >= 15 is 0 Å². The summed E-state index contributed by atoms with van der Waals surface area (Å²) in [5.41, 5.74) is 2.55. The molecule has 1 aromatic heterocycles. The minimum absolute atomic E-state index is 0.0261. The van der Waals surface area contributed by atoms with Gasteiger partial charge in [0.1, 0.15) is 11.6 Å². The van der Waals surface area contributed by atoms with Crippen LogP contribution in [0.2, 0.25) is 0 Å². The number of benzene rings is 4. The fourth-order valence-corrected chi connectivity index (χ4v) is 6.02. The van der Waals surface area contributed by atoms with E-state index in [9.17, 15) is 17.6 Å². The molecule has 0 N–H and O–H groups in total. The van der Waals surface area contributed by atoms with Gasteiger partial charge in [0.2, 0.25) is 10.0 Å². The summed E-state index contributed by atoms with van der Waals surface area (Å²) in [6, 6.07) is 27.5. The number of nitrogens with zero attached hydrogens (tertiary/aromatic N) is 3. The van der Waals surface area contributed by atoms with Crippen LogP contribution in [-0.4, -0.2) is 22.3 Å². The Bertz CT molecular complexity index is 1750. The van der Waals surface area contributed by atoms with E-state index in [0.717, 1.165) is 23.3 Å². The normalized spacial score (nSPS) is 12.6.